The Morgan fingerprint density at radius 1 is 1.07 bits per heavy atom. The average Bonchev–Trinajstić information content (AvgIpc) is 2.64. The van der Waals surface area contributed by atoms with Crippen LogP contribution in [0.15, 0.2) is 46.9 Å². The Hall–Kier alpha value is -3.00. The Labute approximate surface area is 163 Å². The molecule has 142 valence electrons. The summed E-state index contributed by atoms with van der Waals surface area (Å²) >= 11 is 3.26. The van der Waals surface area contributed by atoms with Crippen LogP contribution >= 0.6 is 15.9 Å². The number of carbonyl (C=O) groups excluding carboxylic acids is 2. The van der Waals surface area contributed by atoms with E-state index >= 15 is 0 Å². The number of rotatable bonds is 6. The van der Waals surface area contributed by atoms with E-state index in [2.05, 4.69) is 20.7 Å². The van der Waals surface area contributed by atoms with Gasteiger partial charge in [-0.1, -0.05) is 22.0 Å². The minimum absolute atomic E-state index is 0.132. The van der Waals surface area contributed by atoms with Crippen molar-refractivity contribution in [3.63, 3.8) is 0 Å². The Balaban J connectivity index is 2.19. The van der Waals surface area contributed by atoms with E-state index in [1.165, 1.54) is 43.5 Å². The summed E-state index contributed by atoms with van der Waals surface area (Å²) in [5.74, 6) is -2.12. The highest BCUT2D eigenvalue weighted by atomic mass is 79.9. The number of hydrogen-bond donors (Lipinski definition) is 3. The lowest BCUT2D eigenvalue weighted by Gasteiger charge is -2.18. The lowest BCUT2D eigenvalue weighted by molar-refractivity contribution is -0.150. The largest absolute Gasteiger partial charge is 0.508 e. The van der Waals surface area contributed by atoms with Crippen molar-refractivity contribution >= 4 is 33.9 Å². The van der Waals surface area contributed by atoms with Gasteiger partial charge in [-0.05, 0) is 42.0 Å². The molecule has 0 aromatic heterocycles. The van der Waals surface area contributed by atoms with E-state index in [9.17, 15) is 24.9 Å². The molecular weight excluding hydrogens is 420 g/mol. The summed E-state index contributed by atoms with van der Waals surface area (Å²) in [6.07, 6.45) is 1.14. The van der Waals surface area contributed by atoms with Crippen molar-refractivity contribution in [1.82, 2.24) is 0 Å². The zero-order valence-electron chi connectivity index (χ0n) is 14.3. The fourth-order valence-corrected chi connectivity index (χ4v) is 2.60. The van der Waals surface area contributed by atoms with Gasteiger partial charge >= 0.3 is 11.9 Å². The molecule has 1 atom stereocenters. The summed E-state index contributed by atoms with van der Waals surface area (Å²) in [4.78, 5) is 23.8. The number of phenolic OH excluding ortho intramolecular Hbond substituents is 3. The standard InChI is InChI=1S/C19H17BrO7/c1-26-19(25)10-17(13-9-12(20)4-6-14(13)21)27-18(24)7-3-11-2-5-15(22)16(23)8-11/h2-9,17,21-23H,10H2,1H3/b7-3+. The second kappa shape index (κ2) is 9.09. The molecule has 8 heteroatoms. The first-order valence-corrected chi connectivity index (χ1v) is 8.55. The van der Waals surface area contributed by atoms with Gasteiger partial charge in [-0.15, -0.1) is 0 Å². The van der Waals surface area contributed by atoms with Gasteiger partial charge < -0.3 is 24.8 Å². The van der Waals surface area contributed by atoms with Crippen LogP contribution in [0.5, 0.6) is 17.2 Å². The van der Waals surface area contributed by atoms with Gasteiger partial charge in [0.1, 0.15) is 11.9 Å². The van der Waals surface area contributed by atoms with E-state index in [1.54, 1.807) is 6.07 Å². The summed E-state index contributed by atoms with van der Waals surface area (Å²) in [7, 11) is 1.21. The number of hydrogen-bond acceptors (Lipinski definition) is 7. The molecule has 0 radical (unpaired) electrons. The van der Waals surface area contributed by atoms with E-state index in [4.69, 9.17) is 4.74 Å². The second-order valence-corrected chi connectivity index (χ2v) is 6.41. The number of ether oxygens (including phenoxy) is 2. The van der Waals surface area contributed by atoms with Gasteiger partial charge in [0.05, 0.1) is 13.5 Å². The highest BCUT2D eigenvalue weighted by Gasteiger charge is 2.23. The quantitative estimate of drug-likeness (QED) is 0.361. The molecule has 0 saturated carbocycles. The van der Waals surface area contributed by atoms with Crippen LogP contribution in [0, 0.1) is 0 Å². The molecule has 0 bridgehead atoms. The number of phenols is 3. The zero-order chi connectivity index (χ0) is 20.0. The van der Waals surface area contributed by atoms with Crippen LogP contribution < -0.4 is 0 Å². The minimum Gasteiger partial charge on any atom is -0.508 e. The maximum atomic E-state index is 12.2. The van der Waals surface area contributed by atoms with Crippen LogP contribution in [0.4, 0.5) is 0 Å². The molecule has 7 nitrogen and oxygen atoms in total. The van der Waals surface area contributed by atoms with E-state index in [1.807, 2.05) is 0 Å². The number of aromatic hydroxyl groups is 3. The minimum atomic E-state index is -1.06. The van der Waals surface area contributed by atoms with Gasteiger partial charge in [0.2, 0.25) is 0 Å². The first-order valence-electron chi connectivity index (χ1n) is 7.76. The van der Waals surface area contributed by atoms with Gasteiger partial charge in [-0.25, -0.2) is 4.79 Å². The van der Waals surface area contributed by atoms with Crippen molar-refractivity contribution in [3.8, 4) is 17.2 Å². The molecule has 0 amide bonds. The molecule has 0 aliphatic carbocycles. The Morgan fingerprint density at radius 3 is 2.44 bits per heavy atom. The van der Waals surface area contributed by atoms with Crippen molar-refractivity contribution in [2.45, 2.75) is 12.5 Å². The topological polar surface area (TPSA) is 113 Å². The first-order chi connectivity index (χ1) is 12.8. The Bertz CT molecular complexity index is 876. The van der Waals surface area contributed by atoms with E-state index < -0.39 is 18.0 Å². The summed E-state index contributed by atoms with van der Waals surface area (Å²) in [5, 5.41) is 28.8. The molecule has 0 saturated heterocycles. The molecule has 3 N–H and O–H groups in total. The van der Waals surface area contributed by atoms with E-state index in [0.29, 0.717) is 10.0 Å². The van der Waals surface area contributed by atoms with Crippen molar-refractivity contribution in [1.29, 1.82) is 0 Å². The van der Waals surface area contributed by atoms with Crippen LogP contribution in [0.1, 0.15) is 23.7 Å². The summed E-state index contributed by atoms with van der Waals surface area (Å²) < 4.78 is 10.6. The predicted molar refractivity (Wildman–Crippen MR) is 100 cm³/mol. The predicted octanol–water partition coefficient (Wildman–Crippen LogP) is 3.43. The molecule has 2 aromatic carbocycles. The molecule has 1 unspecified atom stereocenters. The Morgan fingerprint density at radius 2 is 1.78 bits per heavy atom. The zero-order valence-corrected chi connectivity index (χ0v) is 15.8. The fourth-order valence-electron chi connectivity index (χ4n) is 2.22. The number of benzene rings is 2. The molecular formula is C19H17BrO7. The first kappa shape index (κ1) is 20.3. The monoisotopic (exact) mass is 436 g/mol. The number of halogens is 1. The van der Waals surface area contributed by atoms with Crippen LogP contribution in [0.25, 0.3) is 6.08 Å². The number of methoxy groups -OCH3 is 1. The van der Waals surface area contributed by atoms with Crippen molar-refractivity contribution in [3.05, 3.63) is 58.1 Å². The van der Waals surface area contributed by atoms with E-state index in [0.717, 1.165) is 6.08 Å². The molecule has 27 heavy (non-hydrogen) atoms. The lowest BCUT2D eigenvalue weighted by Crippen LogP contribution is -2.15. The molecule has 0 aliphatic heterocycles. The third-order valence-corrected chi connectivity index (χ3v) is 4.08. The third-order valence-electron chi connectivity index (χ3n) is 3.59. The molecule has 2 rings (SSSR count). The molecule has 2 aromatic rings. The highest BCUT2D eigenvalue weighted by Crippen LogP contribution is 2.32. The number of esters is 2. The van der Waals surface area contributed by atoms with Gasteiger partial charge in [-0.2, -0.15) is 0 Å². The summed E-state index contributed by atoms with van der Waals surface area (Å²) in [5.41, 5.74) is 0.705. The summed E-state index contributed by atoms with van der Waals surface area (Å²) in [6, 6.07) is 8.59. The van der Waals surface area contributed by atoms with Crippen LogP contribution in [-0.4, -0.2) is 34.4 Å². The smallest absolute Gasteiger partial charge is 0.331 e. The van der Waals surface area contributed by atoms with Crippen LogP contribution in [0.2, 0.25) is 0 Å². The summed E-state index contributed by atoms with van der Waals surface area (Å²) in [6.45, 7) is 0. The molecule has 0 spiro atoms. The SMILES string of the molecule is COC(=O)CC(OC(=O)/C=C/c1ccc(O)c(O)c1)c1cc(Br)ccc1O. The second-order valence-electron chi connectivity index (χ2n) is 5.49. The third kappa shape index (κ3) is 5.75. The maximum absolute atomic E-state index is 12.2. The molecule has 0 fully saturated rings. The van der Waals surface area contributed by atoms with Gasteiger partial charge in [0.25, 0.3) is 0 Å². The molecule has 0 aliphatic rings. The van der Waals surface area contributed by atoms with E-state index in [-0.39, 0.29) is 29.2 Å². The van der Waals surface area contributed by atoms with Gasteiger partial charge in [0, 0.05) is 16.1 Å². The maximum Gasteiger partial charge on any atom is 0.331 e. The Kier molecular flexibility index (Phi) is 6.84. The van der Waals surface area contributed by atoms with Gasteiger partial charge in [0.15, 0.2) is 11.5 Å². The normalized spacial score (nSPS) is 11.9. The molecule has 0 heterocycles. The number of carbonyl (C=O) groups is 2. The van der Waals surface area contributed by atoms with Crippen LogP contribution in [0.3, 0.4) is 0 Å². The van der Waals surface area contributed by atoms with Gasteiger partial charge in [-0.3, -0.25) is 4.79 Å². The lowest BCUT2D eigenvalue weighted by atomic mass is 10.1. The average molecular weight is 437 g/mol. The van der Waals surface area contributed by atoms with Crippen molar-refractivity contribution in [2.24, 2.45) is 0 Å². The van der Waals surface area contributed by atoms with Crippen molar-refractivity contribution in [2.75, 3.05) is 7.11 Å². The van der Waals surface area contributed by atoms with Crippen LogP contribution in [-0.2, 0) is 19.1 Å². The van der Waals surface area contributed by atoms with Crippen molar-refractivity contribution < 1.29 is 34.4 Å². The highest BCUT2D eigenvalue weighted by molar-refractivity contribution is 9.10. The fraction of sp³-hybridized carbons (Fsp3) is 0.158.